The molecule has 1 saturated carbocycles. The third-order valence-electron chi connectivity index (χ3n) is 6.82. The summed E-state index contributed by atoms with van der Waals surface area (Å²) in [5.41, 5.74) is 6.46. The molecule has 1 aliphatic carbocycles. The summed E-state index contributed by atoms with van der Waals surface area (Å²) in [4.78, 5) is 0. The van der Waals surface area contributed by atoms with E-state index in [1.165, 1.54) is 10.4 Å². The van der Waals surface area contributed by atoms with Crippen LogP contribution in [0.4, 0.5) is 0 Å². The molecule has 4 nitrogen and oxygen atoms in total. The van der Waals surface area contributed by atoms with Crippen molar-refractivity contribution in [3.8, 4) is 0 Å². The van der Waals surface area contributed by atoms with Gasteiger partial charge in [0.05, 0.1) is 18.2 Å². The molecule has 0 amide bonds. The Kier molecular flexibility index (Phi) is 6.70. The smallest absolute Gasteiger partial charge is 0.261 e. The van der Waals surface area contributed by atoms with E-state index in [0.29, 0.717) is 6.61 Å². The Morgan fingerprint density at radius 3 is 2.03 bits per heavy atom. The van der Waals surface area contributed by atoms with Crippen LogP contribution in [0.2, 0.25) is 5.04 Å². The van der Waals surface area contributed by atoms with Gasteiger partial charge in [0.2, 0.25) is 0 Å². The summed E-state index contributed by atoms with van der Waals surface area (Å²) >= 11 is 0. The molecule has 2 fully saturated rings. The number of ether oxygens (including phenoxy) is 2. The Bertz CT molecular complexity index is 787. The average molecular weight is 440 g/mol. The summed E-state index contributed by atoms with van der Waals surface area (Å²) in [6.07, 6.45) is 5.10. The molecule has 1 heterocycles. The molecule has 0 radical (unpaired) electrons. The van der Waals surface area contributed by atoms with E-state index in [-0.39, 0.29) is 23.0 Å². The largest absolute Gasteiger partial charge is 0.406 e. The van der Waals surface area contributed by atoms with Gasteiger partial charge in [-0.2, -0.15) is 0 Å². The van der Waals surface area contributed by atoms with Crippen molar-refractivity contribution in [2.24, 2.45) is 5.73 Å². The summed E-state index contributed by atoms with van der Waals surface area (Å²) < 4.78 is 19.3. The molecular weight excluding hydrogens is 402 g/mol. The Morgan fingerprint density at radius 2 is 1.58 bits per heavy atom. The minimum absolute atomic E-state index is 0.0561. The van der Waals surface area contributed by atoms with Gasteiger partial charge < -0.3 is 19.6 Å². The molecule has 0 aromatic heterocycles. The first kappa shape index (κ1) is 22.7. The number of hydrogen-bond donors (Lipinski definition) is 1. The van der Waals surface area contributed by atoms with Crippen LogP contribution >= 0.6 is 0 Å². The zero-order valence-corrected chi connectivity index (χ0v) is 20.2. The Morgan fingerprint density at radius 1 is 1.00 bits per heavy atom. The number of benzene rings is 2. The maximum absolute atomic E-state index is 7.04. The molecule has 1 aliphatic heterocycles. The van der Waals surface area contributed by atoms with Crippen molar-refractivity contribution in [1.29, 1.82) is 0 Å². The minimum Gasteiger partial charge on any atom is -0.406 e. The maximum atomic E-state index is 7.04. The average Bonchev–Trinajstić information content (AvgIpc) is 3.56. The van der Waals surface area contributed by atoms with E-state index in [9.17, 15) is 0 Å². The van der Waals surface area contributed by atoms with E-state index >= 15 is 0 Å². The van der Waals surface area contributed by atoms with Crippen LogP contribution in [0.25, 0.3) is 0 Å². The van der Waals surface area contributed by atoms with Crippen LogP contribution in [-0.4, -0.2) is 39.5 Å². The van der Waals surface area contributed by atoms with E-state index in [1.807, 2.05) is 0 Å². The van der Waals surface area contributed by atoms with E-state index < -0.39 is 8.32 Å². The number of rotatable bonds is 8. The van der Waals surface area contributed by atoms with Gasteiger partial charge in [-0.1, -0.05) is 81.4 Å². The van der Waals surface area contributed by atoms with Gasteiger partial charge in [0, 0.05) is 6.61 Å². The van der Waals surface area contributed by atoms with Crippen LogP contribution in [0.3, 0.4) is 0 Å². The van der Waals surface area contributed by atoms with Gasteiger partial charge in [0.1, 0.15) is 0 Å². The summed E-state index contributed by atoms with van der Waals surface area (Å²) in [5, 5.41) is 2.50. The first-order chi connectivity index (χ1) is 14.9. The van der Waals surface area contributed by atoms with E-state index in [2.05, 4.69) is 81.4 Å². The maximum Gasteiger partial charge on any atom is 0.261 e. The third-order valence-corrected chi connectivity index (χ3v) is 11.8. The van der Waals surface area contributed by atoms with Crippen molar-refractivity contribution < 1.29 is 13.9 Å². The van der Waals surface area contributed by atoms with Crippen LogP contribution in [0.5, 0.6) is 0 Å². The second kappa shape index (κ2) is 9.16. The second-order valence-corrected chi connectivity index (χ2v) is 14.4. The zero-order valence-electron chi connectivity index (χ0n) is 19.2. The highest BCUT2D eigenvalue weighted by Gasteiger charge is 2.54. The Balaban J connectivity index is 1.59. The number of hydrogen-bond acceptors (Lipinski definition) is 4. The van der Waals surface area contributed by atoms with Crippen LogP contribution < -0.4 is 16.1 Å². The van der Waals surface area contributed by atoms with Gasteiger partial charge >= 0.3 is 0 Å². The van der Waals surface area contributed by atoms with Crippen LogP contribution in [0, 0.1) is 0 Å². The molecule has 2 aliphatic rings. The predicted molar refractivity (Wildman–Crippen MR) is 128 cm³/mol. The summed E-state index contributed by atoms with van der Waals surface area (Å²) in [6.45, 7) is 8.16. The van der Waals surface area contributed by atoms with Gasteiger partial charge in [0.15, 0.2) is 6.29 Å². The van der Waals surface area contributed by atoms with E-state index in [1.54, 1.807) is 0 Å². The van der Waals surface area contributed by atoms with Gasteiger partial charge in [-0.15, -0.1) is 0 Å². The van der Waals surface area contributed by atoms with Crippen molar-refractivity contribution in [3.63, 3.8) is 0 Å². The van der Waals surface area contributed by atoms with Crippen molar-refractivity contribution in [2.75, 3.05) is 13.2 Å². The molecule has 0 spiro atoms. The fraction of sp³-hybridized carbons (Fsp3) is 0.538. The fourth-order valence-corrected chi connectivity index (χ4v) is 9.48. The second-order valence-electron chi connectivity index (χ2n) is 10.1. The van der Waals surface area contributed by atoms with Gasteiger partial charge in [-0.05, 0) is 47.5 Å². The minimum atomic E-state index is -2.58. The molecular formula is C26H37NO3Si. The molecule has 1 saturated heterocycles. The first-order valence-corrected chi connectivity index (χ1v) is 13.6. The standard InChI is InChI=1S/C26H37NO3Si/c1-25(2,3)31(21-12-6-4-7-13-21,22-14-8-5-9-15-22)29-20-23(27)26(17-18-26)30-24-16-10-11-19-28-24/h4-9,12-15,23-24H,10-11,16-20,27H2,1-3H3. The molecule has 2 N–H and O–H groups in total. The van der Waals surface area contributed by atoms with Crippen molar-refractivity contribution in [2.45, 2.75) is 75.8 Å². The molecule has 0 bridgehead atoms. The highest BCUT2D eigenvalue weighted by Crippen LogP contribution is 2.45. The van der Waals surface area contributed by atoms with Crippen LogP contribution in [-0.2, 0) is 13.9 Å². The highest BCUT2D eigenvalue weighted by atomic mass is 28.4. The Hall–Kier alpha value is -1.50. The summed E-state index contributed by atoms with van der Waals surface area (Å²) in [6, 6.07) is 21.3. The molecule has 168 valence electrons. The molecule has 2 unspecified atom stereocenters. The quantitative estimate of drug-likeness (QED) is 0.633. The normalized spacial score (nSPS) is 22.1. The van der Waals surface area contributed by atoms with E-state index in [4.69, 9.17) is 19.6 Å². The van der Waals surface area contributed by atoms with Crippen LogP contribution in [0.1, 0.15) is 52.9 Å². The van der Waals surface area contributed by atoms with Gasteiger partial charge in [-0.25, -0.2) is 0 Å². The SMILES string of the molecule is CC(C)(C)[Si](OCC(N)C1(OC2CCCCO2)CC1)(c1ccccc1)c1ccccc1. The zero-order chi connectivity index (χ0) is 22.0. The summed E-state index contributed by atoms with van der Waals surface area (Å²) in [7, 11) is -2.58. The predicted octanol–water partition coefficient (Wildman–Crippen LogP) is 3.97. The van der Waals surface area contributed by atoms with Crippen molar-refractivity contribution in [1.82, 2.24) is 0 Å². The Labute approximate surface area is 188 Å². The lowest BCUT2D eigenvalue weighted by molar-refractivity contribution is -0.202. The van der Waals surface area contributed by atoms with Crippen LogP contribution in [0.15, 0.2) is 60.7 Å². The molecule has 31 heavy (non-hydrogen) atoms. The topological polar surface area (TPSA) is 53.7 Å². The highest BCUT2D eigenvalue weighted by molar-refractivity contribution is 6.99. The molecule has 2 aromatic carbocycles. The third kappa shape index (κ3) is 4.66. The van der Waals surface area contributed by atoms with Gasteiger partial charge in [0.25, 0.3) is 8.32 Å². The molecule has 4 rings (SSSR count). The van der Waals surface area contributed by atoms with E-state index in [0.717, 1.165) is 38.7 Å². The molecule has 2 aromatic rings. The van der Waals surface area contributed by atoms with Crippen molar-refractivity contribution >= 4 is 18.7 Å². The van der Waals surface area contributed by atoms with Gasteiger partial charge in [-0.3, -0.25) is 0 Å². The summed E-state index contributed by atoms with van der Waals surface area (Å²) in [5.74, 6) is 0. The van der Waals surface area contributed by atoms with Crippen molar-refractivity contribution in [3.05, 3.63) is 60.7 Å². The monoisotopic (exact) mass is 439 g/mol. The first-order valence-electron chi connectivity index (χ1n) is 11.7. The molecule has 2 atom stereocenters. The lowest BCUT2D eigenvalue weighted by Gasteiger charge is -2.44. The lowest BCUT2D eigenvalue weighted by Crippen LogP contribution is -2.67. The fourth-order valence-electron chi connectivity index (χ4n) is 4.89. The number of nitrogens with two attached hydrogens (primary N) is 1. The lowest BCUT2D eigenvalue weighted by atomic mass is 10.1. The molecule has 5 heteroatoms.